The highest BCUT2D eigenvalue weighted by molar-refractivity contribution is 6.29. The van der Waals surface area contributed by atoms with Crippen molar-refractivity contribution in [2.24, 2.45) is 0 Å². The monoisotopic (exact) mass is 324 g/mol. The molecule has 0 saturated heterocycles. The number of nitrogens with zero attached hydrogens (tertiary/aromatic N) is 1. The minimum absolute atomic E-state index is 0.266. The van der Waals surface area contributed by atoms with Crippen LogP contribution in [-0.2, 0) is 0 Å². The van der Waals surface area contributed by atoms with Crippen LogP contribution < -0.4 is 10.1 Å². The number of rotatable bonds is 4. The minimum Gasteiger partial charge on any atom is -0.457 e. The van der Waals surface area contributed by atoms with Gasteiger partial charge < -0.3 is 10.1 Å². The molecule has 1 heterocycles. The summed E-state index contributed by atoms with van der Waals surface area (Å²) in [6.07, 6.45) is 0. The Morgan fingerprint density at radius 1 is 0.870 bits per heavy atom. The Balaban J connectivity index is 1.67. The molecule has 2 aromatic carbocycles. The van der Waals surface area contributed by atoms with Gasteiger partial charge in [0, 0.05) is 5.69 Å². The van der Waals surface area contributed by atoms with Gasteiger partial charge in [-0.2, -0.15) is 0 Å². The first-order valence-electron chi connectivity index (χ1n) is 6.97. The Morgan fingerprint density at radius 3 is 2.26 bits per heavy atom. The van der Waals surface area contributed by atoms with E-state index < -0.39 is 0 Å². The Hall–Kier alpha value is -2.85. The number of ether oxygens (including phenoxy) is 1. The molecule has 0 saturated carbocycles. The molecule has 0 fully saturated rings. The van der Waals surface area contributed by atoms with Crippen molar-refractivity contribution in [2.75, 3.05) is 5.32 Å². The second-order valence-electron chi connectivity index (χ2n) is 4.74. The summed E-state index contributed by atoms with van der Waals surface area (Å²) in [4.78, 5) is 16.1. The molecular formula is C18H13ClN2O2. The number of halogens is 1. The highest BCUT2D eigenvalue weighted by Crippen LogP contribution is 2.22. The van der Waals surface area contributed by atoms with E-state index in [1.54, 1.807) is 42.5 Å². The molecule has 0 aliphatic rings. The molecule has 5 heteroatoms. The number of nitrogens with one attached hydrogen (secondary N) is 1. The van der Waals surface area contributed by atoms with Crippen LogP contribution in [0.15, 0.2) is 72.8 Å². The van der Waals surface area contributed by atoms with Crippen molar-refractivity contribution in [2.45, 2.75) is 0 Å². The van der Waals surface area contributed by atoms with Crippen molar-refractivity contribution in [1.29, 1.82) is 0 Å². The van der Waals surface area contributed by atoms with Crippen LogP contribution in [0.2, 0.25) is 5.15 Å². The van der Waals surface area contributed by atoms with Crippen LogP contribution in [0.5, 0.6) is 11.5 Å². The summed E-state index contributed by atoms with van der Waals surface area (Å²) < 4.78 is 5.70. The molecule has 0 aliphatic carbocycles. The van der Waals surface area contributed by atoms with Gasteiger partial charge >= 0.3 is 0 Å². The number of aromatic nitrogens is 1. The summed E-state index contributed by atoms with van der Waals surface area (Å²) in [5.74, 6) is 1.13. The van der Waals surface area contributed by atoms with E-state index in [9.17, 15) is 4.79 Å². The van der Waals surface area contributed by atoms with Crippen molar-refractivity contribution in [3.63, 3.8) is 0 Å². The molecule has 1 N–H and O–H groups in total. The van der Waals surface area contributed by atoms with Crippen molar-refractivity contribution >= 4 is 23.2 Å². The van der Waals surface area contributed by atoms with Crippen LogP contribution in [0.1, 0.15) is 10.5 Å². The first-order chi connectivity index (χ1) is 11.2. The van der Waals surface area contributed by atoms with Gasteiger partial charge in [-0.25, -0.2) is 4.98 Å². The van der Waals surface area contributed by atoms with Gasteiger partial charge in [-0.3, -0.25) is 4.79 Å². The number of carbonyl (C=O) groups excluding carboxylic acids is 1. The Morgan fingerprint density at radius 2 is 1.57 bits per heavy atom. The molecule has 1 amide bonds. The fourth-order valence-electron chi connectivity index (χ4n) is 1.96. The molecule has 0 spiro atoms. The summed E-state index contributed by atoms with van der Waals surface area (Å²) >= 11 is 5.78. The molecule has 4 nitrogen and oxygen atoms in total. The highest BCUT2D eigenvalue weighted by Gasteiger charge is 2.08. The van der Waals surface area contributed by atoms with E-state index in [-0.39, 0.29) is 16.8 Å². The van der Waals surface area contributed by atoms with Gasteiger partial charge in [0.25, 0.3) is 5.91 Å². The first kappa shape index (κ1) is 15.1. The zero-order chi connectivity index (χ0) is 16.1. The van der Waals surface area contributed by atoms with Gasteiger partial charge in [0.1, 0.15) is 22.3 Å². The van der Waals surface area contributed by atoms with Crippen molar-refractivity contribution in [3.05, 3.63) is 83.6 Å². The van der Waals surface area contributed by atoms with Crippen molar-refractivity contribution < 1.29 is 9.53 Å². The predicted octanol–water partition coefficient (Wildman–Crippen LogP) is 4.78. The summed E-state index contributed by atoms with van der Waals surface area (Å²) in [6, 6.07) is 21.5. The Bertz CT molecular complexity index is 805. The van der Waals surface area contributed by atoms with Gasteiger partial charge in [0.2, 0.25) is 0 Å². The fraction of sp³-hybridized carbons (Fsp3) is 0. The average molecular weight is 325 g/mol. The lowest BCUT2D eigenvalue weighted by atomic mass is 10.2. The molecule has 0 radical (unpaired) electrons. The van der Waals surface area contributed by atoms with Crippen LogP contribution in [0.25, 0.3) is 0 Å². The first-order valence-corrected chi connectivity index (χ1v) is 7.35. The van der Waals surface area contributed by atoms with Crippen LogP contribution in [0.4, 0.5) is 5.69 Å². The third-order valence-corrected chi connectivity index (χ3v) is 3.25. The van der Waals surface area contributed by atoms with E-state index in [1.165, 1.54) is 0 Å². The fourth-order valence-corrected chi connectivity index (χ4v) is 2.12. The van der Waals surface area contributed by atoms with E-state index in [1.807, 2.05) is 30.3 Å². The van der Waals surface area contributed by atoms with Crippen LogP contribution in [0, 0.1) is 0 Å². The summed E-state index contributed by atoms with van der Waals surface area (Å²) in [6.45, 7) is 0. The molecule has 0 atom stereocenters. The lowest BCUT2D eigenvalue weighted by molar-refractivity contribution is 0.102. The summed E-state index contributed by atoms with van der Waals surface area (Å²) in [5, 5.41) is 3.04. The van der Waals surface area contributed by atoms with Crippen LogP contribution in [-0.4, -0.2) is 10.9 Å². The van der Waals surface area contributed by atoms with E-state index in [0.717, 1.165) is 5.75 Å². The molecular weight excluding hydrogens is 312 g/mol. The number of carbonyl (C=O) groups is 1. The number of anilines is 1. The average Bonchev–Trinajstić information content (AvgIpc) is 2.57. The Kier molecular flexibility index (Phi) is 4.54. The Labute approximate surface area is 138 Å². The number of pyridine rings is 1. The largest absolute Gasteiger partial charge is 0.457 e. The quantitative estimate of drug-likeness (QED) is 0.703. The molecule has 0 aliphatic heterocycles. The second-order valence-corrected chi connectivity index (χ2v) is 5.13. The number of hydrogen-bond acceptors (Lipinski definition) is 3. The smallest absolute Gasteiger partial charge is 0.274 e. The number of hydrogen-bond donors (Lipinski definition) is 1. The van der Waals surface area contributed by atoms with Crippen LogP contribution in [0.3, 0.4) is 0 Å². The van der Waals surface area contributed by atoms with Gasteiger partial charge in [-0.1, -0.05) is 35.9 Å². The molecule has 0 unspecified atom stereocenters. The minimum atomic E-state index is -0.316. The van der Waals surface area contributed by atoms with Gasteiger partial charge in [-0.15, -0.1) is 0 Å². The maximum atomic E-state index is 12.1. The van der Waals surface area contributed by atoms with Gasteiger partial charge in [-0.05, 0) is 48.5 Å². The molecule has 114 valence electrons. The summed E-state index contributed by atoms with van der Waals surface area (Å²) in [7, 11) is 0. The second kappa shape index (κ2) is 6.94. The normalized spacial score (nSPS) is 10.1. The van der Waals surface area contributed by atoms with E-state index >= 15 is 0 Å². The molecule has 1 aromatic heterocycles. The molecule has 23 heavy (non-hydrogen) atoms. The van der Waals surface area contributed by atoms with Crippen molar-refractivity contribution in [3.8, 4) is 11.5 Å². The number of amides is 1. The summed E-state index contributed by atoms with van der Waals surface area (Å²) in [5.41, 5.74) is 0.916. The zero-order valence-corrected chi connectivity index (χ0v) is 12.8. The third-order valence-electron chi connectivity index (χ3n) is 3.04. The SMILES string of the molecule is O=C(Nc1ccc(Oc2ccccc2)cc1)c1cccc(Cl)n1. The topological polar surface area (TPSA) is 51.2 Å². The lowest BCUT2D eigenvalue weighted by Crippen LogP contribution is -2.13. The highest BCUT2D eigenvalue weighted by atomic mass is 35.5. The van der Waals surface area contributed by atoms with Crippen LogP contribution >= 0.6 is 11.6 Å². The van der Waals surface area contributed by atoms with E-state index in [2.05, 4.69) is 10.3 Å². The van der Waals surface area contributed by atoms with E-state index in [0.29, 0.717) is 11.4 Å². The van der Waals surface area contributed by atoms with Gasteiger partial charge in [0.05, 0.1) is 0 Å². The van der Waals surface area contributed by atoms with Crippen molar-refractivity contribution in [1.82, 2.24) is 4.98 Å². The molecule has 3 aromatic rings. The maximum Gasteiger partial charge on any atom is 0.274 e. The predicted molar refractivity (Wildman–Crippen MR) is 90.2 cm³/mol. The molecule has 0 bridgehead atoms. The standard InChI is InChI=1S/C18H13ClN2O2/c19-17-8-4-7-16(21-17)18(22)20-13-9-11-15(12-10-13)23-14-5-2-1-3-6-14/h1-12H,(H,20,22). The maximum absolute atomic E-state index is 12.1. The number of benzene rings is 2. The van der Waals surface area contributed by atoms with Gasteiger partial charge in [0.15, 0.2) is 0 Å². The third kappa shape index (κ3) is 4.08. The molecule has 3 rings (SSSR count). The number of para-hydroxylation sites is 1. The van der Waals surface area contributed by atoms with E-state index in [4.69, 9.17) is 16.3 Å². The zero-order valence-electron chi connectivity index (χ0n) is 12.1. The lowest BCUT2D eigenvalue weighted by Gasteiger charge is -2.08.